The standard InChI is InChI=1S/C29H31F6N5O7/c1-27(2,3)47-26(44)36-21-14-28(31,32)19-13-20(30)18(23(41)37-38-25(43)39-8-10-45-11-9-39)12-22(19)40(24(21)42)15-16-4-6-17(7-5-16)46-29(33,34)35/h4-7,12-13,21H,8-11,14-15H2,1-3H3,(H,36,44)(H,37,41)(H,38,43). The number of anilines is 1. The molecule has 1 atom stereocenters. The van der Waals surface area contributed by atoms with Crippen molar-refractivity contribution in [2.24, 2.45) is 0 Å². The van der Waals surface area contributed by atoms with Crippen LogP contribution < -0.4 is 25.8 Å². The van der Waals surface area contributed by atoms with E-state index in [1.165, 1.54) is 25.7 Å². The molecular weight excluding hydrogens is 644 g/mol. The Morgan fingerprint density at radius 1 is 1.02 bits per heavy atom. The number of nitrogens with zero attached hydrogens (tertiary/aromatic N) is 2. The van der Waals surface area contributed by atoms with E-state index in [-0.39, 0.29) is 31.9 Å². The molecule has 0 spiro atoms. The Kier molecular flexibility index (Phi) is 10.1. The van der Waals surface area contributed by atoms with Gasteiger partial charge in [0.1, 0.15) is 23.2 Å². The quantitative estimate of drug-likeness (QED) is 0.317. The van der Waals surface area contributed by atoms with E-state index in [4.69, 9.17) is 9.47 Å². The van der Waals surface area contributed by atoms with Crippen LogP contribution in [-0.2, 0) is 26.7 Å². The SMILES string of the molecule is CC(C)(C)OC(=O)NC1CC(F)(F)c2cc(F)c(C(=O)NNC(=O)N3CCOCC3)cc2N(Cc2ccc(OC(F)(F)F)cc2)C1=O. The van der Waals surface area contributed by atoms with Crippen molar-refractivity contribution < 1.29 is 59.7 Å². The van der Waals surface area contributed by atoms with E-state index in [1.807, 2.05) is 5.43 Å². The van der Waals surface area contributed by atoms with Gasteiger partial charge in [0.15, 0.2) is 0 Å². The summed E-state index contributed by atoms with van der Waals surface area (Å²) < 4.78 is 98.8. The number of amides is 5. The molecule has 5 amide bonds. The van der Waals surface area contributed by atoms with Crippen LogP contribution >= 0.6 is 0 Å². The van der Waals surface area contributed by atoms with E-state index >= 15 is 13.2 Å². The number of carbonyl (C=O) groups excluding carboxylic acids is 4. The molecule has 2 heterocycles. The number of carbonyl (C=O) groups is 4. The molecular formula is C29H31F6N5O7. The Morgan fingerprint density at radius 3 is 2.26 bits per heavy atom. The number of ether oxygens (including phenoxy) is 3. The smallest absolute Gasteiger partial charge is 0.444 e. The van der Waals surface area contributed by atoms with Crippen molar-refractivity contribution in [1.82, 2.24) is 21.1 Å². The first-order chi connectivity index (χ1) is 21.8. The molecule has 0 radical (unpaired) electrons. The van der Waals surface area contributed by atoms with Crippen LogP contribution in [0.1, 0.15) is 48.7 Å². The van der Waals surface area contributed by atoms with Crippen LogP contribution in [0.4, 0.5) is 41.6 Å². The normalized spacial score (nSPS) is 18.1. The van der Waals surface area contributed by atoms with Crippen LogP contribution in [0.5, 0.6) is 5.75 Å². The first kappa shape index (κ1) is 35.1. The number of halogens is 6. The Bertz CT molecular complexity index is 1510. The highest BCUT2D eigenvalue weighted by Gasteiger charge is 2.47. The fourth-order valence-corrected chi connectivity index (χ4v) is 4.74. The number of nitrogens with one attached hydrogen (secondary N) is 3. The predicted octanol–water partition coefficient (Wildman–Crippen LogP) is 4.33. The van der Waals surface area contributed by atoms with Crippen LogP contribution in [0, 0.1) is 5.82 Å². The van der Waals surface area contributed by atoms with E-state index in [9.17, 15) is 32.3 Å². The van der Waals surface area contributed by atoms with E-state index in [2.05, 4.69) is 15.5 Å². The van der Waals surface area contributed by atoms with E-state index in [1.54, 1.807) is 0 Å². The van der Waals surface area contributed by atoms with Crippen LogP contribution in [0.2, 0.25) is 0 Å². The number of benzene rings is 2. The molecule has 4 rings (SSSR count). The number of hydrogen-bond acceptors (Lipinski definition) is 7. The summed E-state index contributed by atoms with van der Waals surface area (Å²) >= 11 is 0. The maximum absolute atomic E-state index is 15.7. The number of alkyl halides is 5. The van der Waals surface area contributed by atoms with Crippen molar-refractivity contribution in [1.29, 1.82) is 0 Å². The van der Waals surface area contributed by atoms with Crippen LogP contribution in [0.3, 0.4) is 0 Å². The summed E-state index contributed by atoms with van der Waals surface area (Å²) in [5, 5.41) is 2.11. The van der Waals surface area contributed by atoms with Crippen LogP contribution in [-0.4, -0.2) is 73.1 Å². The number of hydrogen-bond donors (Lipinski definition) is 3. The van der Waals surface area contributed by atoms with Crippen molar-refractivity contribution in [3.05, 3.63) is 58.9 Å². The van der Waals surface area contributed by atoms with Gasteiger partial charge in [0.05, 0.1) is 31.0 Å². The summed E-state index contributed by atoms with van der Waals surface area (Å²) in [5.41, 5.74) is 0.691. The highest BCUT2D eigenvalue weighted by atomic mass is 19.4. The van der Waals surface area contributed by atoms with Gasteiger partial charge in [-0.05, 0) is 50.6 Å². The molecule has 0 aromatic heterocycles. The van der Waals surface area contributed by atoms with Crippen molar-refractivity contribution in [3.8, 4) is 5.75 Å². The summed E-state index contributed by atoms with van der Waals surface area (Å²) in [6, 6.07) is 2.50. The summed E-state index contributed by atoms with van der Waals surface area (Å²) in [4.78, 5) is 53.7. The largest absolute Gasteiger partial charge is 0.573 e. The summed E-state index contributed by atoms with van der Waals surface area (Å²) in [7, 11) is 0. The van der Waals surface area contributed by atoms with E-state index in [0.29, 0.717) is 12.1 Å². The number of morpholine rings is 1. The molecule has 3 N–H and O–H groups in total. The molecule has 12 nitrogen and oxygen atoms in total. The maximum Gasteiger partial charge on any atom is 0.573 e. The molecule has 1 fully saturated rings. The van der Waals surface area contributed by atoms with Gasteiger partial charge in [0, 0.05) is 25.1 Å². The van der Waals surface area contributed by atoms with Gasteiger partial charge in [-0.15, -0.1) is 13.2 Å². The van der Waals surface area contributed by atoms with Crippen molar-refractivity contribution in [3.63, 3.8) is 0 Å². The third-order valence-electron chi connectivity index (χ3n) is 6.81. The van der Waals surface area contributed by atoms with Gasteiger partial charge in [-0.1, -0.05) is 12.1 Å². The van der Waals surface area contributed by atoms with Gasteiger partial charge < -0.3 is 29.3 Å². The molecule has 2 aliphatic heterocycles. The molecule has 18 heteroatoms. The fraction of sp³-hybridized carbons (Fsp3) is 0.448. The molecule has 1 saturated heterocycles. The Labute approximate surface area is 264 Å². The lowest BCUT2D eigenvalue weighted by atomic mass is 9.99. The second-order valence-corrected chi connectivity index (χ2v) is 11.6. The zero-order valence-corrected chi connectivity index (χ0v) is 25.3. The number of urea groups is 1. The van der Waals surface area contributed by atoms with Gasteiger partial charge in [0.25, 0.3) is 11.8 Å². The van der Waals surface area contributed by atoms with Crippen LogP contribution in [0.15, 0.2) is 36.4 Å². The summed E-state index contributed by atoms with van der Waals surface area (Å²) in [5.74, 6) is -8.34. The van der Waals surface area contributed by atoms with Crippen molar-refractivity contribution >= 4 is 29.6 Å². The zero-order chi connectivity index (χ0) is 34.7. The molecule has 256 valence electrons. The number of fused-ring (bicyclic) bond motifs is 1. The first-order valence-electron chi connectivity index (χ1n) is 14.1. The van der Waals surface area contributed by atoms with Gasteiger partial charge in [-0.2, -0.15) is 0 Å². The zero-order valence-electron chi connectivity index (χ0n) is 25.3. The number of rotatable bonds is 5. The van der Waals surface area contributed by atoms with Gasteiger partial charge in [-0.3, -0.25) is 15.0 Å². The summed E-state index contributed by atoms with van der Waals surface area (Å²) in [6.45, 7) is 4.86. The number of hydrazine groups is 1. The molecule has 0 saturated carbocycles. The second kappa shape index (κ2) is 13.5. The second-order valence-electron chi connectivity index (χ2n) is 11.6. The monoisotopic (exact) mass is 675 g/mol. The average molecular weight is 676 g/mol. The molecule has 2 aromatic carbocycles. The Hall–Kier alpha value is -4.74. The molecule has 0 bridgehead atoms. The topological polar surface area (TPSA) is 139 Å². The molecule has 2 aliphatic rings. The lowest BCUT2D eigenvalue weighted by Gasteiger charge is -2.28. The van der Waals surface area contributed by atoms with Crippen LogP contribution in [0.25, 0.3) is 0 Å². The highest BCUT2D eigenvalue weighted by Crippen LogP contribution is 2.44. The number of alkyl carbamates (subject to hydrolysis) is 1. The fourth-order valence-electron chi connectivity index (χ4n) is 4.74. The molecule has 2 aromatic rings. The predicted molar refractivity (Wildman–Crippen MR) is 151 cm³/mol. The minimum absolute atomic E-state index is 0.119. The van der Waals surface area contributed by atoms with Crippen molar-refractivity contribution in [2.45, 2.75) is 57.7 Å². The summed E-state index contributed by atoms with van der Waals surface area (Å²) in [6.07, 6.45) is -7.52. The highest BCUT2D eigenvalue weighted by molar-refractivity contribution is 6.03. The lowest BCUT2D eigenvalue weighted by Crippen LogP contribution is -2.52. The van der Waals surface area contributed by atoms with Gasteiger partial charge >= 0.3 is 18.5 Å². The average Bonchev–Trinajstić information content (AvgIpc) is 3.03. The first-order valence-corrected chi connectivity index (χ1v) is 14.1. The molecule has 1 unspecified atom stereocenters. The van der Waals surface area contributed by atoms with E-state index < -0.39 is 89.2 Å². The molecule has 0 aliphatic carbocycles. The lowest BCUT2D eigenvalue weighted by molar-refractivity contribution is -0.274. The third-order valence-corrected chi connectivity index (χ3v) is 6.81. The van der Waals surface area contributed by atoms with Gasteiger partial charge in [-0.25, -0.2) is 28.2 Å². The Balaban J connectivity index is 1.70. The maximum atomic E-state index is 15.7. The third kappa shape index (κ3) is 9.17. The van der Waals surface area contributed by atoms with Crippen molar-refractivity contribution in [2.75, 3.05) is 31.2 Å². The van der Waals surface area contributed by atoms with Gasteiger partial charge in [0.2, 0.25) is 5.91 Å². The minimum Gasteiger partial charge on any atom is -0.444 e. The van der Waals surface area contributed by atoms with E-state index in [0.717, 1.165) is 29.2 Å². The minimum atomic E-state index is -4.99. The Morgan fingerprint density at radius 2 is 1.66 bits per heavy atom. The molecule has 47 heavy (non-hydrogen) atoms.